The number of ether oxygens (including phenoxy) is 1. The van der Waals surface area contributed by atoms with Crippen molar-refractivity contribution in [2.45, 2.75) is 13.3 Å². The van der Waals surface area contributed by atoms with Crippen LogP contribution in [-0.4, -0.2) is 30.0 Å². The summed E-state index contributed by atoms with van der Waals surface area (Å²) in [6.07, 6.45) is 1.68. The van der Waals surface area contributed by atoms with Gasteiger partial charge in [-0.05, 0) is 31.2 Å². The number of amides is 1. The highest BCUT2D eigenvalue weighted by molar-refractivity contribution is 6.09. The van der Waals surface area contributed by atoms with Crippen LogP contribution in [0.25, 0.3) is 0 Å². The smallest absolute Gasteiger partial charge is 0.307 e. The van der Waals surface area contributed by atoms with Crippen molar-refractivity contribution in [3.8, 4) is 0 Å². The second-order valence-corrected chi connectivity index (χ2v) is 4.79. The molecule has 6 heteroatoms. The Morgan fingerprint density at radius 1 is 1.17 bits per heavy atom. The van der Waals surface area contributed by atoms with E-state index in [-0.39, 0.29) is 24.8 Å². The number of benzene rings is 1. The summed E-state index contributed by atoms with van der Waals surface area (Å²) in [4.78, 5) is 30.0. The van der Waals surface area contributed by atoms with Crippen LogP contribution in [0, 0.1) is 0 Å². The molecule has 1 heterocycles. The van der Waals surface area contributed by atoms with Gasteiger partial charge in [0.25, 0.3) is 5.91 Å². The molecule has 0 saturated heterocycles. The number of anilines is 2. The molecule has 0 bridgehead atoms. The summed E-state index contributed by atoms with van der Waals surface area (Å²) in [6, 6.07) is 12.1. The molecule has 6 nitrogen and oxygen atoms in total. The molecule has 2 N–H and O–H groups in total. The van der Waals surface area contributed by atoms with E-state index < -0.39 is 0 Å². The van der Waals surface area contributed by atoms with Gasteiger partial charge in [0.05, 0.1) is 18.6 Å². The maximum atomic E-state index is 12.8. The maximum Gasteiger partial charge on any atom is 0.307 e. The highest BCUT2D eigenvalue weighted by Gasteiger charge is 2.21. The quantitative estimate of drug-likeness (QED) is 0.653. The molecule has 0 spiro atoms. The third-order valence-corrected chi connectivity index (χ3v) is 3.21. The molecule has 0 saturated carbocycles. The van der Waals surface area contributed by atoms with Crippen LogP contribution in [0.3, 0.4) is 0 Å². The SMILES string of the molecule is CCOC(=O)CCN(C(=O)c1ccccc1N)c1ccccn1. The number of carbonyl (C=O) groups excluding carboxylic acids is 2. The monoisotopic (exact) mass is 313 g/mol. The lowest BCUT2D eigenvalue weighted by molar-refractivity contribution is -0.142. The minimum Gasteiger partial charge on any atom is -0.466 e. The molecule has 0 unspecified atom stereocenters. The zero-order valence-electron chi connectivity index (χ0n) is 12.9. The molecular formula is C17H19N3O3. The Hall–Kier alpha value is -2.89. The third-order valence-electron chi connectivity index (χ3n) is 3.21. The van der Waals surface area contributed by atoms with E-state index >= 15 is 0 Å². The van der Waals surface area contributed by atoms with Gasteiger partial charge in [0.2, 0.25) is 0 Å². The van der Waals surface area contributed by atoms with Crippen molar-refractivity contribution in [1.29, 1.82) is 0 Å². The first-order valence-electron chi connectivity index (χ1n) is 7.36. The van der Waals surface area contributed by atoms with Gasteiger partial charge in [-0.2, -0.15) is 0 Å². The second kappa shape index (κ2) is 7.93. The van der Waals surface area contributed by atoms with Crippen molar-refractivity contribution in [1.82, 2.24) is 4.98 Å². The first-order valence-corrected chi connectivity index (χ1v) is 7.36. The number of rotatable bonds is 6. The molecule has 120 valence electrons. The van der Waals surface area contributed by atoms with Gasteiger partial charge >= 0.3 is 5.97 Å². The van der Waals surface area contributed by atoms with Crippen molar-refractivity contribution in [2.24, 2.45) is 0 Å². The molecule has 1 amide bonds. The van der Waals surface area contributed by atoms with Gasteiger partial charge in [0.1, 0.15) is 5.82 Å². The molecule has 1 aromatic carbocycles. The van der Waals surface area contributed by atoms with E-state index in [1.165, 1.54) is 4.90 Å². The van der Waals surface area contributed by atoms with E-state index in [0.717, 1.165) is 0 Å². The van der Waals surface area contributed by atoms with Crippen LogP contribution in [-0.2, 0) is 9.53 Å². The van der Waals surface area contributed by atoms with Crippen molar-refractivity contribution in [3.05, 3.63) is 54.2 Å². The minimum atomic E-state index is -0.359. The predicted molar refractivity (Wildman–Crippen MR) is 88.0 cm³/mol. The molecule has 1 aromatic heterocycles. The van der Waals surface area contributed by atoms with Gasteiger partial charge < -0.3 is 10.5 Å². The lowest BCUT2D eigenvalue weighted by atomic mass is 10.1. The summed E-state index contributed by atoms with van der Waals surface area (Å²) < 4.78 is 4.92. The van der Waals surface area contributed by atoms with Crippen LogP contribution in [0.15, 0.2) is 48.7 Å². The van der Waals surface area contributed by atoms with Gasteiger partial charge in [-0.1, -0.05) is 18.2 Å². The summed E-state index contributed by atoms with van der Waals surface area (Å²) in [7, 11) is 0. The van der Waals surface area contributed by atoms with Crippen LogP contribution in [0.5, 0.6) is 0 Å². The largest absolute Gasteiger partial charge is 0.466 e. The van der Waals surface area contributed by atoms with Crippen molar-refractivity contribution in [2.75, 3.05) is 23.8 Å². The molecule has 23 heavy (non-hydrogen) atoms. The fourth-order valence-corrected chi connectivity index (χ4v) is 2.11. The normalized spacial score (nSPS) is 10.1. The van der Waals surface area contributed by atoms with E-state index in [0.29, 0.717) is 23.7 Å². The molecule has 2 rings (SSSR count). The van der Waals surface area contributed by atoms with Crippen LogP contribution in [0.1, 0.15) is 23.7 Å². The summed E-state index contributed by atoms with van der Waals surface area (Å²) in [5, 5.41) is 0. The number of aromatic nitrogens is 1. The number of carbonyl (C=O) groups is 2. The van der Waals surface area contributed by atoms with Crippen LogP contribution in [0.2, 0.25) is 0 Å². The standard InChI is InChI=1S/C17H19N3O3/c1-2-23-16(21)10-12-20(15-9-5-6-11-19-15)17(22)13-7-3-4-8-14(13)18/h3-9,11H,2,10,12,18H2,1H3. The summed E-state index contributed by atoms with van der Waals surface area (Å²) in [5.41, 5.74) is 6.64. The zero-order valence-corrected chi connectivity index (χ0v) is 12.9. The van der Waals surface area contributed by atoms with Crippen LogP contribution in [0.4, 0.5) is 11.5 Å². The van der Waals surface area contributed by atoms with E-state index in [4.69, 9.17) is 10.5 Å². The van der Waals surface area contributed by atoms with Gasteiger partial charge in [0.15, 0.2) is 0 Å². The Labute approximate surface area is 134 Å². The number of hydrogen-bond donors (Lipinski definition) is 1. The Balaban J connectivity index is 2.25. The Bertz CT molecular complexity index is 674. The summed E-state index contributed by atoms with van der Waals surface area (Å²) in [5.74, 6) is -0.196. The summed E-state index contributed by atoms with van der Waals surface area (Å²) in [6.45, 7) is 2.22. The molecule has 0 radical (unpaired) electrons. The Morgan fingerprint density at radius 2 is 1.91 bits per heavy atom. The van der Waals surface area contributed by atoms with Gasteiger partial charge in [-0.3, -0.25) is 14.5 Å². The van der Waals surface area contributed by atoms with E-state index in [9.17, 15) is 9.59 Å². The predicted octanol–water partition coefficient (Wildman–Crippen LogP) is 2.26. The van der Waals surface area contributed by atoms with Crippen molar-refractivity contribution < 1.29 is 14.3 Å². The third kappa shape index (κ3) is 4.29. The molecule has 0 aliphatic heterocycles. The summed E-state index contributed by atoms with van der Waals surface area (Å²) >= 11 is 0. The minimum absolute atomic E-state index is 0.0862. The molecule has 0 fully saturated rings. The first kappa shape index (κ1) is 16.5. The van der Waals surface area contributed by atoms with Crippen molar-refractivity contribution in [3.63, 3.8) is 0 Å². The Kier molecular flexibility index (Phi) is 5.68. The van der Waals surface area contributed by atoms with Gasteiger partial charge in [-0.15, -0.1) is 0 Å². The molecule has 2 aromatic rings. The second-order valence-electron chi connectivity index (χ2n) is 4.79. The highest BCUT2D eigenvalue weighted by Crippen LogP contribution is 2.18. The van der Waals surface area contributed by atoms with E-state index in [2.05, 4.69) is 4.98 Å². The number of pyridine rings is 1. The average Bonchev–Trinajstić information content (AvgIpc) is 2.56. The zero-order chi connectivity index (χ0) is 16.7. The molecular weight excluding hydrogens is 294 g/mol. The average molecular weight is 313 g/mol. The van der Waals surface area contributed by atoms with E-state index in [1.54, 1.807) is 55.6 Å². The molecule has 0 aliphatic rings. The van der Waals surface area contributed by atoms with Gasteiger partial charge in [-0.25, -0.2) is 4.98 Å². The number of para-hydroxylation sites is 1. The van der Waals surface area contributed by atoms with E-state index in [1.807, 2.05) is 0 Å². The lowest BCUT2D eigenvalue weighted by Gasteiger charge is -2.22. The Morgan fingerprint density at radius 3 is 2.57 bits per heavy atom. The van der Waals surface area contributed by atoms with Gasteiger partial charge in [0, 0.05) is 18.4 Å². The first-order chi connectivity index (χ1) is 11.1. The number of nitrogen functional groups attached to an aromatic ring is 1. The topological polar surface area (TPSA) is 85.5 Å². The van der Waals surface area contributed by atoms with Crippen molar-refractivity contribution >= 4 is 23.4 Å². The lowest BCUT2D eigenvalue weighted by Crippen LogP contribution is -2.34. The number of nitrogens with zero attached hydrogens (tertiary/aromatic N) is 2. The fraction of sp³-hybridized carbons (Fsp3) is 0.235. The fourth-order valence-electron chi connectivity index (χ4n) is 2.11. The molecule has 0 atom stereocenters. The number of hydrogen-bond acceptors (Lipinski definition) is 5. The number of esters is 1. The maximum absolute atomic E-state index is 12.8. The highest BCUT2D eigenvalue weighted by atomic mass is 16.5. The molecule has 0 aliphatic carbocycles. The number of nitrogens with two attached hydrogens (primary N) is 1. The van der Waals surface area contributed by atoms with Crippen LogP contribution >= 0.6 is 0 Å². The van der Waals surface area contributed by atoms with Crippen LogP contribution < -0.4 is 10.6 Å².